The first-order valence-electron chi connectivity index (χ1n) is 6.13. The van der Waals surface area contributed by atoms with Crippen LogP contribution in [0.4, 0.5) is 0 Å². The standard InChI is InChI=1S/C13H22N2O2/c1-4-15(8-9-17-5-2)10-12-13(16)7-6-11(3)14-12/h6-7,16H,4-5,8-10H2,1-3H3. The van der Waals surface area contributed by atoms with Crippen LogP contribution in [0, 0.1) is 6.92 Å². The van der Waals surface area contributed by atoms with Crippen LogP contribution in [0.25, 0.3) is 0 Å². The van der Waals surface area contributed by atoms with Crippen molar-refractivity contribution in [3.63, 3.8) is 0 Å². The Balaban J connectivity index is 2.57. The molecule has 4 heteroatoms. The predicted octanol–water partition coefficient (Wildman–Crippen LogP) is 1.95. The summed E-state index contributed by atoms with van der Waals surface area (Å²) >= 11 is 0. The minimum absolute atomic E-state index is 0.269. The molecule has 0 aliphatic rings. The van der Waals surface area contributed by atoms with Crippen molar-refractivity contribution < 1.29 is 9.84 Å². The van der Waals surface area contributed by atoms with E-state index in [0.29, 0.717) is 6.54 Å². The van der Waals surface area contributed by atoms with Gasteiger partial charge in [-0.25, -0.2) is 0 Å². The number of aromatic nitrogens is 1. The second-order valence-corrected chi connectivity index (χ2v) is 3.98. The van der Waals surface area contributed by atoms with Crippen LogP contribution in [0.3, 0.4) is 0 Å². The van der Waals surface area contributed by atoms with E-state index in [1.54, 1.807) is 6.07 Å². The Morgan fingerprint density at radius 2 is 2.12 bits per heavy atom. The number of nitrogens with zero attached hydrogens (tertiary/aromatic N) is 2. The zero-order chi connectivity index (χ0) is 12.7. The van der Waals surface area contributed by atoms with E-state index < -0.39 is 0 Å². The highest BCUT2D eigenvalue weighted by molar-refractivity contribution is 5.27. The normalized spacial score (nSPS) is 11.1. The topological polar surface area (TPSA) is 45.6 Å². The van der Waals surface area contributed by atoms with Crippen molar-refractivity contribution in [1.82, 2.24) is 9.88 Å². The summed E-state index contributed by atoms with van der Waals surface area (Å²) in [4.78, 5) is 6.56. The number of hydrogen-bond acceptors (Lipinski definition) is 4. The molecule has 0 fully saturated rings. The molecule has 0 amide bonds. The molecule has 4 nitrogen and oxygen atoms in total. The monoisotopic (exact) mass is 238 g/mol. The van der Waals surface area contributed by atoms with Crippen LogP contribution < -0.4 is 0 Å². The van der Waals surface area contributed by atoms with Crippen molar-refractivity contribution in [3.05, 3.63) is 23.5 Å². The van der Waals surface area contributed by atoms with Gasteiger partial charge in [0.1, 0.15) is 5.75 Å². The van der Waals surface area contributed by atoms with Gasteiger partial charge in [-0.05, 0) is 32.5 Å². The SMILES string of the molecule is CCOCCN(CC)Cc1nc(C)ccc1O. The van der Waals surface area contributed by atoms with E-state index in [9.17, 15) is 5.11 Å². The van der Waals surface area contributed by atoms with E-state index in [1.807, 2.05) is 19.9 Å². The lowest BCUT2D eigenvalue weighted by atomic mass is 10.2. The summed E-state index contributed by atoms with van der Waals surface area (Å²) in [5.41, 5.74) is 1.67. The quantitative estimate of drug-likeness (QED) is 0.738. The number of rotatable bonds is 7. The predicted molar refractivity (Wildman–Crippen MR) is 68.1 cm³/mol. The van der Waals surface area contributed by atoms with E-state index in [-0.39, 0.29) is 5.75 Å². The number of likely N-dealkylation sites (N-methyl/N-ethyl adjacent to an activating group) is 1. The smallest absolute Gasteiger partial charge is 0.138 e. The highest BCUT2D eigenvalue weighted by atomic mass is 16.5. The molecular weight excluding hydrogens is 216 g/mol. The number of ether oxygens (including phenoxy) is 1. The van der Waals surface area contributed by atoms with Crippen molar-refractivity contribution in [1.29, 1.82) is 0 Å². The first-order valence-corrected chi connectivity index (χ1v) is 6.13. The lowest BCUT2D eigenvalue weighted by Gasteiger charge is -2.20. The Morgan fingerprint density at radius 1 is 1.35 bits per heavy atom. The first-order chi connectivity index (χ1) is 8.17. The number of hydrogen-bond donors (Lipinski definition) is 1. The molecule has 0 saturated heterocycles. The van der Waals surface area contributed by atoms with Gasteiger partial charge in [-0.3, -0.25) is 9.88 Å². The maximum atomic E-state index is 9.73. The van der Waals surface area contributed by atoms with E-state index in [2.05, 4.69) is 16.8 Å². The summed E-state index contributed by atoms with van der Waals surface area (Å²) in [5.74, 6) is 0.269. The summed E-state index contributed by atoms with van der Waals surface area (Å²) in [5, 5.41) is 9.73. The molecule has 0 bridgehead atoms. The summed E-state index contributed by atoms with van der Waals surface area (Å²) in [7, 11) is 0. The van der Waals surface area contributed by atoms with E-state index in [0.717, 1.165) is 37.7 Å². The average Bonchev–Trinajstić information content (AvgIpc) is 2.32. The third-order valence-corrected chi connectivity index (χ3v) is 2.67. The minimum atomic E-state index is 0.269. The Morgan fingerprint density at radius 3 is 2.76 bits per heavy atom. The maximum absolute atomic E-state index is 9.73. The molecule has 0 aromatic carbocycles. The van der Waals surface area contributed by atoms with Gasteiger partial charge in [0.05, 0.1) is 12.3 Å². The number of pyridine rings is 1. The van der Waals surface area contributed by atoms with Gasteiger partial charge >= 0.3 is 0 Å². The molecule has 1 aromatic rings. The van der Waals surface area contributed by atoms with Crippen molar-refractivity contribution >= 4 is 0 Å². The second kappa shape index (κ2) is 7.25. The fraction of sp³-hybridized carbons (Fsp3) is 0.615. The second-order valence-electron chi connectivity index (χ2n) is 3.98. The molecule has 0 aliphatic heterocycles. The van der Waals surface area contributed by atoms with Crippen LogP contribution >= 0.6 is 0 Å². The molecule has 0 saturated carbocycles. The molecule has 0 aliphatic carbocycles. The van der Waals surface area contributed by atoms with Gasteiger partial charge in [0, 0.05) is 25.4 Å². The highest BCUT2D eigenvalue weighted by Gasteiger charge is 2.08. The Bertz CT molecular complexity index is 342. The molecule has 96 valence electrons. The van der Waals surface area contributed by atoms with Crippen LogP contribution in [0.2, 0.25) is 0 Å². The first kappa shape index (κ1) is 13.9. The number of aryl methyl sites for hydroxylation is 1. The van der Waals surface area contributed by atoms with Gasteiger partial charge in [0.15, 0.2) is 0 Å². The largest absolute Gasteiger partial charge is 0.506 e. The van der Waals surface area contributed by atoms with E-state index >= 15 is 0 Å². The van der Waals surface area contributed by atoms with Crippen LogP contribution in [0.1, 0.15) is 25.2 Å². The third kappa shape index (κ3) is 4.71. The third-order valence-electron chi connectivity index (χ3n) is 2.67. The molecular formula is C13H22N2O2. The Labute approximate surface area is 103 Å². The van der Waals surface area contributed by atoms with Gasteiger partial charge in [-0.1, -0.05) is 6.92 Å². The highest BCUT2D eigenvalue weighted by Crippen LogP contribution is 2.16. The van der Waals surface area contributed by atoms with Crippen molar-refractivity contribution in [2.45, 2.75) is 27.3 Å². The van der Waals surface area contributed by atoms with Crippen molar-refractivity contribution in [3.8, 4) is 5.75 Å². The van der Waals surface area contributed by atoms with Crippen LogP contribution in [0.15, 0.2) is 12.1 Å². The van der Waals surface area contributed by atoms with Crippen LogP contribution in [0.5, 0.6) is 5.75 Å². The average molecular weight is 238 g/mol. The molecule has 1 aromatic heterocycles. The lowest BCUT2D eigenvalue weighted by molar-refractivity contribution is 0.112. The van der Waals surface area contributed by atoms with Gasteiger partial charge < -0.3 is 9.84 Å². The molecule has 0 unspecified atom stereocenters. The summed E-state index contributed by atoms with van der Waals surface area (Å²) in [6, 6.07) is 3.52. The van der Waals surface area contributed by atoms with Crippen molar-refractivity contribution in [2.75, 3.05) is 26.3 Å². The van der Waals surface area contributed by atoms with E-state index in [1.165, 1.54) is 0 Å². The van der Waals surface area contributed by atoms with Gasteiger partial charge in [0.2, 0.25) is 0 Å². The zero-order valence-electron chi connectivity index (χ0n) is 10.9. The Kier molecular flexibility index (Phi) is 5.94. The maximum Gasteiger partial charge on any atom is 0.138 e. The van der Waals surface area contributed by atoms with Gasteiger partial charge in [0.25, 0.3) is 0 Å². The fourth-order valence-electron chi connectivity index (χ4n) is 1.62. The molecule has 1 rings (SSSR count). The fourth-order valence-corrected chi connectivity index (χ4v) is 1.62. The summed E-state index contributed by atoms with van der Waals surface area (Å²) in [6.45, 7) is 9.92. The van der Waals surface area contributed by atoms with Gasteiger partial charge in [-0.2, -0.15) is 0 Å². The lowest BCUT2D eigenvalue weighted by Crippen LogP contribution is -2.27. The number of aromatic hydroxyl groups is 1. The molecule has 0 atom stereocenters. The minimum Gasteiger partial charge on any atom is -0.506 e. The Hall–Kier alpha value is -1.13. The van der Waals surface area contributed by atoms with Crippen molar-refractivity contribution in [2.24, 2.45) is 0 Å². The molecule has 17 heavy (non-hydrogen) atoms. The molecule has 1 heterocycles. The van der Waals surface area contributed by atoms with Gasteiger partial charge in [-0.15, -0.1) is 0 Å². The van der Waals surface area contributed by atoms with E-state index in [4.69, 9.17) is 4.74 Å². The summed E-state index contributed by atoms with van der Waals surface area (Å²) in [6.07, 6.45) is 0. The summed E-state index contributed by atoms with van der Waals surface area (Å²) < 4.78 is 5.33. The molecule has 1 N–H and O–H groups in total. The molecule has 0 spiro atoms. The molecule has 0 radical (unpaired) electrons. The van der Waals surface area contributed by atoms with Crippen LogP contribution in [-0.4, -0.2) is 41.3 Å². The van der Waals surface area contributed by atoms with Crippen LogP contribution in [-0.2, 0) is 11.3 Å². The zero-order valence-corrected chi connectivity index (χ0v) is 10.9.